The van der Waals surface area contributed by atoms with Crippen molar-refractivity contribution < 1.29 is 29.0 Å². The number of nitrogens with zero attached hydrogens (tertiary/aromatic N) is 2. The lowest BCUT2D eigenvalue weighted by Crippen LogP contribution is -2.19. The summed E-state index contributed by atoms with van der Waals surface area (Å²) in [7, 11) is 0. The van der Waals surface area contributed by atoms with Crippen molar-refractivity contribution >= 4 is 40.1 Å². The first-order chi connectivity index (χ1) is 13.2. The highest BCUT2D eigenvalue weighted by Crippen LogP contribution is 2.33. The van der Waals surface area contributed by atoms with E-state index in [2.05, 4.69) is 10.4 Å². The second kappa shape index (κ2) is 8.65. The number of thiophene rings is 1. The summed E-state index contributed by atoms with van der Waals surface area (Å²) >= 11 is 0.861. The van der Waals surface area contributed by atoms with Crippen molar-refractivity contribution in [1.29, 1.82) is 0 Å². The first kappa shape index (κ1) is 21.1. The highest BCUT2D eigenvalue weighted by Gasteiger charge is 2.26. The second-order valence-corrected chi connectivity index (χ2v) is 6.93. The maximum Gasteiger partial charge on any atom is 0.341 e. The van der Waals surface area contributed by atoms with Crippen LogP contribution in [0.5, 0.6) is 0 Å². The minimum Gasteiger partial charge on any atom is -0.480 e. The van der Waals surface area contributed by atoms with Crippen LogP contribution in [-0.4, -0.2) is 45.2 Å². The van der Waals surface area contributed by atoms with Crippen LogP contribution in [0.3, 0.4) is 0 Å². The zero-order valence-electron chi connectivity index (χ0n) is 15.5. The summed E-state index contributed by atoms with van der Waals surface area (Å²) in [5.41, 5.74) is 5.66. The van der Waals surface area contributed by atoms with Gasteiger partial charge in [0.2, 0.25) is 0 Å². The highest BCUT2D eigenvalue weighted by molar-refractivity contribution is 7.18. The van der Waals surface area contributed by atoms with Gasteiger partial charge in [0.1, 0.15) is 11.0 Å². The van der Waals surface area contributed by atoms with Crippen LogP contribution < -0.4 is 11.1 Å². The van der Waals surface area contributed by atoms with Crippen molar-refractivity contribution in [2.75, 3.05) is 11.9 Å². The third kappa shape index (κ3) is 4.36. The molecule has 4 N–H and O–H groups in total. The Bertz CT molecular complexity index is 932. The first-order valence-electron chi connectivity index (χ1n) is 8.36. The van der Waals surface area contributed by atoms with E-state index in [9.17, 15) is 19.2 Å². The molecular formula is C17H20N4O6S. The zero-order chi connectivity index (χ0) is 21.0. The molecule has 0 aliphatic heterocycles. The van der Waals surface area contributed by atoms with Gasteiger partial charge in [-0.2, -0.15) is 5.10 Å². The number of aliphatic carboxylic acids is 1. The Kier molecular flexibility index (Phi) is 6.52. The van der Waals surface area contributed by atoms with Crippen molar-refractivity contribution in [3.05, 3.63) is 34.0 Å². The number of nitrogens with two attached hydrogens (primary N) is 1. The molecule has 28 heavy (non-hydrogen) atoms. The Morgan fingerprint density at radius 1 is 1.39 bits per heavy atom. The van der Waals surface area contributed by atoms with Gasteiger partial charge in [-0.3, -0.25) is 14.3 Å². The Hall–Kier alpha value is -3.21. The number of carbonyl (C=O) groups is 4. The van der Waals surface area contributed by atoms with E-state index < -0.39 is 29.8 Å². The molecule has 10 nitrogen and oxygen atoms in total. The number of hydrogen-bond donors (Lipinski definition) is 3. The van der Waals surface area contributed by atoms with Crippen LogP contribution >= 0.6 is 11.3 Å². The molecule has 11 heteroatoms. The lowest BCUT2D eigenvalue weighted by molar-refractivity contribution is -0.140. The Morgan fingerprint density at radius 3 is 2.64 bits per heavy atom. The summed E-state index contributed by atoms with van der Waals surface area (Å²) in [6.07, 6.45) is 1.97. The van der Waals surface area contributed by atoms with Gasteiger partial charge >= 0.3 is 11.9 Å². The molecule has 0 bridgehead atoms. The number of nitrogens with one attached hydrogen (secondary N) is 1. The van der Waals surface area contributed by atoms with Crippen LogP contribution in [0.15, 0.2) is 12.3 Å². The molecule has 2 aromatic rings. The van der Waals surface area contributed by atoms with E-state index in [1.165, 1.54) is 26.1 Å². The first-order valence-corrected chi connectivity index (χ1v) is 9.18. The van der Waals surface area contributed by atoms with Gasteiger partial charge in [0.25, 0.3) is 11.8 Å². The molecule has 2 aromatic heterocycles. The largest absolute Gasteiger partial charge is 0.480 e. The van der Waals surface area contributed by atoms with E-state index in [1.807, 2.05) is 6.92 Å². The van der Waals surface area contributed by atoms with E-state index in [0.717, 1.165) is 16.0 Å². The number of primary amides is 1. The fourth-order valence-electron chi connectivity index (χ4n) is 2.30. The van der Waals surface area contributed by atoms with Crippen molar-refractivity contribution in [2.24, 2.45) is 5.73 Å². The van der Waals surface area contributed by atoms with Crippen LogP contribution in [0.2, 0.25) is 0 Å². The number of anilines is 1. The van der Waals surface area contributed by atoms with Gasteiger partial charge < -0.3 is 20.9 Å². The molecule has 1 atom stereocenters. The predicted molar refractivity (Wildman–Crippen MR) is 101 cm³/mol. The molecule has 0 aromatic carbocycles. The van der Waals surface area contributed by atoms with E-state index in [-0.39, 0.29) is 27.7 Å². The number of carboxylic acids is 1. The SMILES string of the molecule is CCCOC(=O)c1c(NC(=O)c2ccn(C(C)C(=O)O)n2)sc(C(N)=O)c1C. The normalized spacial score (nSPS) is 11.7. The average molecular weight is 408 g/mol. The van der Waals surface area contributed by atoms with Crippen molar-refractivity contribution in [3.8, 4) is 0 Å². The Morgan fingerprint density at radius 2 is 2.07 bits per heavy atom. The molecule has 0 saturated heterocycles. The molecule has 2 amide bonds. The minimum absolute atomic E-state index is 0.0485. The topological polar surface area (TPSA) is 154 Å². The molecule has 2 heterocycles. The summed E-state index contributed by atoms with van der Waals surface area (Å²) in [5.74, 6) is -3.18. The van der Waals surface area contributed by atoms with Crippen LogP contribution in [0, 0.1) is 6.92 Å². The Labute approximate surface area is 164 Å². The quantitative estimate of drug-likeness (QED) is 0.563. The standard InChI is InChI=1S/C17H20N4O6S/c1-4-7-27-17(26)11-8(2)12(13(18)22)28-15(11)19-14(23)10-5-6-21(20-10)9(3)16(24)25/h5-6,9H,4,7H2,1-3H3,(H2,18,22)(H,19,23)(H,24,25). The molecule has 0 aliphatic carbocycles. The number of amides is 2. The fourth-order valence-corrected chi connectivity index (χ4v) is 3.35. The lowest BCUT2D eigenvalue weighted by Gasteiger charge is -2.07. The molecule has 0 fully saturated rings. The van der Waals surface area contributed by atoms with Crippen molar-refractivity contribution in [2.45, 2.75) is 33.2 Å². The third-order valence-corrected chi connectivity index (χ3v) is 5.06. The van der Waals surface area contributed by atoms with Gasteiger partial charge in [-0.05, 0) is 31.9 Å². The number of hydrogen-bond acceptors (Lipinski definition) is 7. The number of carbonyl (C=O) groups excluding carboxylic acids is 3. The maximum absolute atomic E-state index is 12.5. The maximum atomic E-state index is 12.5. The van der Waals surface area contributed by atoms with Crippen molar-refractivity contribution in [3.63, 3.8) is 0 Å². The molecule has 150 valence electrons. The molecule has 1 unspecified atom stereocenters. The molecule has 2 rings (SSSR count). The third-order valence-electron chi connectivity index (χ3n) is 3.83. The van der Waals surface area contributed by atoms with Gasteiger partial charge in [0.15, 0.2) is 5.69 Å². The fraction of sp³-hybridized carbons (Fsp3) is 0.353. The predicted octanol–water partition coefficient (Wildman–Crippen LogP) is 1.82. The molecule has 0 radical (unpaired) electrons. The Balaban J connectivity index is 2.33. The van der Waals surface area contributed by atoms with Gasteiger partial charge in [-0.15, -0.1) is 11.3 Å². The van der Waals surface area contributed by atoms with Crippen LogP contribution in [0.25, 0.3) is 0 Å². The molecule has 0 saturated carbocycles. The summed E-state index contributed by atoms with van der Waals surface area (Å²) < 4.78 is 6.25. The second-order valence-electron chi connectivity index (χ2n) is 5.91. The minimum atomic E-state index is -1.10. The van der Waals surface area contributed by atoms with Crippen LogP contribution in [-0.2, 0) is 9.53 Å². The molecule has 0 spiro atoms. The highest BCUT2D eigenvalue weighted by atomic mass is 32.1. The smallest absolute Gasteiger partial charge is 0.341 e. The van der Waals surface area contributed by atoms with Gasteiger partial charge in [0, 0.05) is 6.20 Å². The van der Waals surface area contributed by atoms with E-state index >= 15 is 0 Å². The summed E-state index contributed by atoms with van der Waals surface area (Å²) in [6, 6.07) is 0.394. The van der Waals surface area contributed by atoms with Crippen LogP contribution in [0.1, 0.15) is 62.4 Å². The molecule has 0 aliphatic rings. The van der Waals surface area contributed by atoms with E-state index in [1.54, 1.807) is 0 Å². The summed E-state index contributed by atoms with van der Waals surface area (Å²) in [6.45, 7) is 4.98. The molecular weight excluding hydrogens is 388 g/mol. The number of ether oxygens (including phenoxy) is 1. The average Bonchev–Trinajstić information content (AvgIpc) is 3.24. The lowest BCUT2D eigenvalue weighted by atomic mass is 10.1. The van der Waals surface area contributed by atoms with Gasteiger partial charge in [-0.1, -0.05) is 6.92 Å². The van der Waals surface area contributed by atoms with Crippen LogP contribution in [0.4, 0.5) is 5.00 Å². The summed E-state index contributed by atoms with van der Waals surface area (Å²) in [4.78, 5) is 47.6. The number of rotatable bonds is 8. The van der Waals surface area contributed by atoms with Gasteiger partial charge in [-0.25, -0.2) is 9.59 Å². The van der Waals surface area contributed by atoms with Crippen molar-refractivity contribution in [1.82, 2.24) is 9.78 Å². The number of aromatic nitrogens is 2. The monoisotopic (exact) mass is 408 g/mol. The number of carboxylic acid groups (broad SMARTS) is 1. The zero-order valence-corrected chi connectivity index (χ0v) is 16.3. The number of esters is 1. The summed E-state index contributed by atoms with van der Waals surface area (Å²) in [5, 5.41) is 15.6. The van der Waals surface area contributed by atoms with E-state index in [4.69, 9.17) is 15.6 Å². The van der Waals surface area contributed by atoms with E-state index in [0.29, 0.717) is 12.0 Å². The van der Waals surface area contributed by atoms with Gasteiger partial charge in [0.05, 0.1) is 17.0 Å².